The highest BCUT2D eigenvalue weighted by molar-refractivity contribution is 7.22. The predicted molar refractivity (Wildman–Crippen MR) is 83.4 cm³/mol. The molecular weight excluding hydrogens is 301 g/mol. The van der Waals surface area contributed by atoms with Crippen molar-refractivity contribution >= 4 is 45.0 Å². The minimum absolute atomic E-state index is 0. The SMILES string of the molecule is CC(=O)N(CCN(C)C)c1nc2c(F)cccc2s1.Cl. The zero-order valence-corrected chi connectivity index (χ0v) is 13.2. The van der Waals surface area contributed by atoms with E-state index in [4.69, 9.17) is 0 Å². The van der Waals surface area contributed by atoms with Crippen LogP contribution in [0, 0.1) is 5.82 Å². The third kappa shape index (κ3) is 3.65. The standard InChI is InChI=1S/C13H16FN3OS.ClH/c1-9(18)17(8-7-16(2)3)13-15-12-10(14)5-4-6-11(12)19-13;/h4-6H,7-8H2,1-3H3;1H. The second-order valence-electron chi connectivity index (χ2n) is 4.56. The van der Waals surface area contributed by atoms with Crippen LogP contribution in [-0.2, 0) is 4.79 Å². The van der Waals surface area contributed by atoms with Gasteiger partial charge in [-0.05, 0) is 26.2 Å². The monoisotopic (exact) mass is 317 g/mol. The third-order valence-electron chi connectivity index (χ3n) is 2.74. The lowest BCUT2D eigenvalue weighted by molar-refractivity contribution is -0.116. The number of benzene rings is 1. The second kappa shape index (κ2) is 6.97. The van der Waals surface area contributed by atoms with Gasteiger partial charge in [0, 0.05) is 20.0 Å². The Hall–Kier alpha value is -1.24. The molecule has 0 bridgehead atoms. The van der Waals surface area contributed by atoms with E-state index in [9.17, 15) is 9.18 Å². The highest BCUT2D eigenvalue weighted by atomic mass is 35.5. The van der Waals surface area contributed by atoms with Gasteiger partial charge >= 0.3 is 0 Å². The Bertz CT molecular complexity index is 602. The Kier molecular flexibility index (Phi) is 5.86. The molecular formula is C13H17ClFN3OS. The van der Waals surface area contributed by atoms with Gasteiger partial charge in [0.2, 0.25) is 5.91 Å². The molecule has 1 heterocycles. The van der Waals surface area contributed by atoms with Gasteiger partial charge in [-0.2, -0.15) is 0 Å². The molecule has 0 aliphatic heterocycles. The van der Waals surface area contributed by atoms with Crippen molar-refractivity contribution in [2.45, 2.75) is 6.92 Å². The molecule has 0 saturated carbocycles. The number of nitrogens with zero attached hydrogens (tertiary/aromatic N) is 3. The van der Waals surface area contributed by atoms with Crippen LogP contribution in [0.3, 0.4) is 0 Å². The van der Waals surface area contributed by atoms with Gasteiger partial charge in [-0.25, -0.2) is 9.37 Å². The maximum absolute atomic E-state index is 13.6. The first kappa shape index (κ1) is 16.8. The topological polar surface area (TPSA) is 36.4 Å². The van der Waals surface area contributed by atoms with E-state index in [-0.39, 0.29) is 24.1 Å². The van der Waals surface area contributed by atoms with E-state index in [2.05, 4.69) is 4.98 Å². The molecule has 1 aromatic heterocycles. The summed E-state index contributed by atoms with van der Waals surface area (Å²) < 4.78 is 14.4. The van der Waals surface area contributed by atoms with E-state index >= 15 is 0 Å². The van der Waals surface area contributed by atoms with E-state index in [1.807, 2.05) is 25.1 Å². The van der Waals surface area contributed by atoms with Crippen molar-refractivity contribution in [3.63, 3.8) is 0 Å². The van der Waals surface area contributed by atoms with Crippen LogP contribution in [0.25, 0.3) is 10.2 Å². The molecule has 110 valence electrons. The number of fused-ring (bicyclic) bond motifs is 1. The summed E-state index contributed by atoms with van der Waals surface area (Å²) in [6, 6.07) is 4.84. The van der Waals surface area contributed by atoms with Crippen LogP contribution in [0.2, 0.25) is 0 Å². The van der Waals surface area contributed by atoms with Crippen molar-refractivity contribution in [2.24, 2.45) is 0 Å². The van der Waals surface area contributed by atoms with Gasteiger partial charge in [-0.3, -0.25) is 9.69 Å². The minimum Gasteiger partial charge on any atom is -0.308 e. The lowest BCUT2D eigenvalue weighted by Crippen LogP contribution is -2.35. The highest BCUT2D eigenvalue weighted by Crippen LogP contribution is 2.30. The van der Waals surface area contributed by atoms with Gasteiger partial charge in [-0.1, -0.05) is 17.4 Å². The maximum atomic E-state index is 13.6. The summed E-state index contributed by atoms with van der Waals surface area (Å²) in [6.45, 7) is 2.78. The molecule has 0 N–H and O–H groups in total. The summed E-state index contributed by atoms with van der Waals surface area (Å²) in [5, 5.41) is 0.550. The maximum Gasteiger partial charge on any atom is 0.225 e. The predicted octanol–water partition coefficient (Wildman–Crippen LogP) is 2.77. The Morgan fingerprint density at radius 1 is 1.35 bits per heavy atom. The van der Waals surface area contributed by atoms with E-state index in [1.165, 1.54) is 24.3 Å². The first-order valence-corrected chi connectivity index (χ1v) is 6.78. The summed E-state index contributed by atoms with van der Waals surface area (Å²) >= 11 is 1.34. The van der Waals surface area contributed by atoms with Crippen molar-refractivity contribution in [1.29, 1.82) is 0 Å². The van der Waals surface area contributed by atoms with Crippen LogP contribution < -0.4 is 4.90 Å². The molecule has 1 amide bonds. The van der Waals surface area contributed by atoms with Crippen molar-refractivity contribution in [3.05, 3.63) is 24.0 Å². The number of likely N-dealkylation sites (N-methyl/N-ethyl adjacent to an activating group) is 1. The average Bonchev–Trinajstić information content (AvgIpc) is 2.73. The number of anilines is 1. The van der Waals surface area contributed by atoms with E-state index in [0.29, 0.717) is 17.2 Å². The number of carbonyl (C=O) groups excluding carboxylic acids is 1. The van der Waals surface area contributed by atoms with E-state index in [0.717, 1.165) is 11.2 Å². The number of thiazole rings is 1. The fourth-order valence-corrected chi connectivity index (χ4v) is 2.76. The molecule has 0 spiro atoms. The molecule has 2 aromatic rings. The van der Waals surface area contributed by atoms with Crippen LogP contribution in [0.4, 0.5) is 9.52 Å². The molecule has 20 heavy (non-hydrogen) atoms. The quantitative estimate of drug-likeness (QED) is 0.870. The molecule has 0 unspecified atom stereocenters. The summed E-state index contributed by atoms with van der Waals surface area (Å²) in [5.41, 5.74) is 0.332. The van der Waals surface area contributed by atoms with Gasteiger partial charge in [0.15, 0.2) is 5.13 Å². The Balaban J connectivity index is 0.00000200. The molecule has 0 atom stereocenters. The van der Waals surface area contributed by atoms with Crippen LogP contribution in [0.1, 0.15) is 6.92 Å². The number of halogens is 2. The number of carbonyl (C=O) groups is 1. The Morgan fingerprint density at radius 2 is 2.05 bits per heavy atom. The molecule has 4 nitrogen and oxygen atoms in total. The average molecular weight is 318 g/mol. The number of hydrogen-bond acceptors (Lipinski definition) is 4. The zero-order valence-electron chi connectivity index (χ0n) is 11.6. The van der Waals surface area contributed by atoms with E-state index < -0.39 is 0 Å². The second-order valence-corrected chi connectivity index (χ2v) is 5.57. The number of amides is 1. The summed E-state index contributed by atoms with van der Waals surface area (Å²) in [7, 11) is 3.88. The first-order chi connectivity index (χ1) is 8.99. The van der Waals surface area contributed by atoms with Crippen LogP contribution >= 0.6 is 23.7 Å². The lowest BCUT2D eigenvalue weighted by atomic mass is 10.3. The van der Waals surface area contributed by atoms with Crippen LogP contribution in [0.5, 0.6) is 0 Å². The molecule has 0 aliphatic carbocycles. The molecule has 0 aliphatic rings. The van der Waals surface area contributed by atoms with Gasteiger partial charge in [0.05, 0.1) is 4.70 Å². The minimum atomic E-state index is -0.351. The Morgan fingerprint density at radius 3 is 2.60 bits per heavy atom. The van der Waals surface area contributed by atoms with Crippen molar-refractivity contribution in [1.82, 2.24) is 9.88 Å². The molecule has 0 fully saturated rings. The number of hydrogen-bond donors (Lipinski definition) is 0. The lowest BCUT2D eigenvalue weighted by Gasteiger charge is -2.20. The fraction of sp³-hybridized carbons (Fsp3) is 0.385. The summed E-state index contributed by atoms with van der Waals surface area (Å²) in [4.78, 5) is 19.5. The van der Waals surface area contributed by atoms with Gasteiger partial charge in [0.1, 0.15) is 11.3 Å². The molecule has 7 heteroatoms. The fourth-order valence-electron chi connectivity index (χ4n) is 1.71. The zero-order chi connectivity index (χ0) is 14.0. The largest absolute Gasteiger partial charge is 0.308 e. The number of para-hydroxylation sites is 1. The molecule has 2 rings (SSSR count). The molecule has 0 saturated heterocycles. The van der Waals surface area contributed by atoms with Crippen molar-refractivity contribution in [3.8, 4) is 0 Å². The highest BCUT2D eigenvalue weighted by Gasteiger charge is 2.17. The molecule has 1 aromatic carbocycles. The number of rotatable bonds is 4. The first-order valence-electron chi connectivity index (χ1n) is 5.97. The number of aromatic nitrogens is 1. The molecule has 0 radical (unpaired) electrons. The normalized spacial score (nSPS) is 10.7. The van der Waals surface area contributed by atoms with Crippen LogP contribution in [-0.4, -0.2) is 43.0 Å². The van der Waals surface area contributed by atoms with Crippen LogP contribution in [0.15, 0.2) is 18.2 Å². The van der Waals surface area contributed by atoms with Gasteiger partial charge in [-0.15, -0.1) is 12.4 Å². The summed E-state index contributed by atoms with van der Waals surface area (Å²) in [6.07, 6.45) is 0. The van der Waals surface area contributed by atoms with E-state index in [1.54, 1.807) is 11.0 Å². The summed E-state index contributed by atoms with van der Waals surface area (Å²) in [5.74, 6) is -0.433. The van der Waals surface area contributed by atoms with Gasteiger partial charge in [0.25, 0.3) is 0 Å². The Labute approximate surface area is 127 Å². The third-order valence-corrected chi connectivity index (χ3v) is 3.78. The smallest absolute Gasteiger partial charge is 0.225 e. The van der Waals surface area contributed by atoms with Crippen molar-refractivity contribution < 1.29 is 9.18 Å². The van der Waals surface area contributed by atoms with Crippen molar-refractivity contribution in [2.75, 3.05) is 32.1 Å². The van der Waals surface area contributed by atoms with Gasteiger partial charge < -0.3 is 4.90 Å².